The zero-order chi connectivity index (χ0) is 23.3. The van der Waals surface area contributed by atoms with Gasteiger partial charge in [0.25, 0.3) is 5.91 Å². The fourth-order valence-electron chi connectivity index (χ4n) is 5.23. The summed E-state index contributed by atoms with van der Waals surface area (Å²) in [5.41, 5.74) is 1.12. The van der Waals surface area contributed by atoms with Crippen LogP contribution in [-0.2, 0) is 9.59 Å². The van der Waals surface area contributed by atoms with Crippen molar-refractivity contribution in [1.82, 2.24) is 24.9 Å². The van der Waals surface area contributed by atoms with Crippen molar-refractivity contribution in [1.29, 1.82) is 0 Å². The summed E-state index contributed by atoms with van der Waals surface area (Å²) in [4.78, 5) is 56.2. The molecule has 5 rings (SSSR count). The summed E-state index contributed by atoms with van der Waals surface area (Å²) in [7, 11) is 0. The van der Waals surface area contributed by atoms with E-state index in [0.717, 1.165) is 12.0 Å². The second kappa shape index (κ2) is 8.31. The van der Waals surface area contributed by atoms with Crippen molar-refractivity contribution in [2.75, 3.05) is 32.7 Å². The third-order valence-electron chi connectivity index (χ3n) is 7.25. The number of piperidine rings is 1. The van der Waals surface area contributed by atoms with Crippen LogP contribution >= 0.6 is 0 Å². The molecule has 4 fully saturated rings. The Hall–Kier alpha value is -3.17. The summed E-state index contributed by atoms with van der Waals surface area (Å²) in [5.74, 6) is -0.293. The zero-order valence-electron chi connectivity index (χ0n) is 18.5. The van der Waals surface area contributed by atoms with Gasteiger partial charge in [0.05, 0.1) is 19.1 Å². The van der Waals surface area contributed by atoms with E-state index in [1.54, 1.807) is 4.90 Å². The number of rotatable bonds is 3. The molecule has 3 heterocycles. The van der Waals surface area contributed by atoms with E-state index in [1.165, 1.54) is 21.6 Å². The minimum Gasteiger partial charge on any atom is -0.340 e. The van der Waals surface area contributed by atoms with Crippen molar-refractivity contribution in [2.45, 2.75) is 50.0 Å². The Morgan fingerprint density at radius 1 is 1.03 bits per heavy atom. The smallest absolute Gasteiger partial charge is 0.327 e. The predicted octanol–water partition coefficient (Wildman–Crippen LogP) is 1.16. The summed E-state index contributed by atoms with van der Waals surface area (Å²) in [6, 6.07) is 7.61. The van der Waals surface area contributed by atoms with Gasteiger partial charge in [0.15, 0.2) is 0 Å². The van der Waals surface area contributed by atoms with Gasteiger partial charge in [-0.05, 0) is 18.4 Å². The van der Waals surface area contributed by atoms with Crippen molar-refractivity contribution in [3.63, 3.8) is 0 Å². The number of imide groups is 1. The molecule has 4 aliphatic rings. The molecule has 6 amide bonds. The fourth-order valence-corrected chi connectivity index (χ4v) is 5.23. The van der Waals surface area contributed by atoms with E-state index in [4.69, 9.17) is 0 Å². The average Bonchev–Trinajstić information content (AvgIpc) is 3.56. The molecule has 1 aromatic rings. The van der Waals surface area contributed by atoms with Gasteiger partial charge in [-0.15, -0.1) is 0 Å². The minimum absolute atomic E-state index is 0.0391. The normalized spacial score (nSPS) is 31.5. The van der Waals surface area contributed by atoms with Gasteiger partial charge in [-0.25, -0.2) is 14.0 Å². The number of likely N-dealkylation sites (tertiary alicyclic amines) is 1. The predicted molar refractivity (Wildman–Crippen MR) is 116 cm³/mol. The van der Waals surface area contributed by atoms with Crippen molar-refractivity contribution < 1.29 is 23.6 Å². The molecule has 5 atom stereocenters. The lowest BCUT2D eigenvalue weighted by Gasteiger charge is -2.38. The maximum atomic E-state index is 14.5. The standard InChI is InChI=1S/C23H28FN5O4/c1-14(30)26-8-7-18(17(24)12-26)25-22(32)27-9-10-28-20(13-27)21(31)29(23(28)33)19-11-16(19)15-5-3-2-4-6-15/h2-6,16-20H,7-13H2,1H3,(H,25,32)/t16-,17+,18-,19+,20+/m1/s1. The van der Waals surface area contributed by atoms with Crippen LogP contribution in [0.25, 0.3) is 0 Å². The number of hydrogen-bond acceptors (Lipinski definition) is 4. The number of piperazine rings is 1. The van der Waals surface area contributed by atoms with Crippen LogP contribution in [0.5, 0.6) is 0 Å². The first kappa shape index (κ1) is 21.7. The van der Waals surface area contributed by atoms with Crippen LogP contribution in [0.1, 0.15) is 31.2 Å². The molecule has 3 aliphatic heterocycles. The summed E-state index contributed by atoms with van der Waals surface area (Å²) in [5, 5.41) is 2.72. The summed E-state index contributed by atoms with van der Waals surface area (Å²) >= 11 is 0. The number of urea groups is 2. The van der Waals surface area contributed by atoms with E-state index >= 15 is 0 Å². The highest BCUT2D eigenvalue weighted by Crippen LogP contribution is 2.46. The fraction of sp³-hybridized carbons (Fsp3) is 0.565. The number of carbonyl (C=O) groups excluding carboxylic acids is 4. The molecule has 0 aromatic heterocycles. The van der Waals surface area contributed by atoms with Gasteiger partial charge >= 0.3 is 12.1 Å². The molecular weight excluding hydrogens is 429 g/mol. The van der Waals surface area contributed by atoms with Gasteiger partial charge in [-0.3, -0.25) is 14.5 Å². The van der Waals surface area contributed by atoms with Crippen LogP contribution < -0.4 is 5.32 Å². The lowest BCUT2D eigenvalue weighted by atomic mass is 10.0. The number of amides is 6. The van der Waals surface area contributed by atoms with Crippen LogP contribution in [0.4, 0.5) is 14.0 Å². The summed E-state index contributed by atoms with van der Waals surface area (Å²) < 4.78 is 14.5. The number of carbonyl (C=O) groups is 4. The van der Waals surface area contributed by atoms with E-state index in [2.05, 4.69) is 5.32 Å². The van der Waals surface area contributed by atoms with Gasteiger partial charge in [0.2, 0.25) is 5.91 Å². The Bertz CT molecular complexity index is 975. The first-order valence-electron chi connectivity index (χ1n) is 11.5. The molecular formula is C23H28FN5O4. The van der Waals surface area contributed by atoms with Crippen molar-refractivity contribution in [2.24, 2.45) is 0 Å². The lowest BCUT2D eigenvalue weighted by molar-refractivity contribution is -0.131. The SMILES string of the molecule is CC(=O)N1CC[C@@H](NC(=O)N2CCN3C(=O)N([C@H]4C[C@@H]4c4ccccc4)C(=O)[C@@H]3C2)[C@@H](F)C1. The monoisotopic (exact) mass is 457 g/mol. The first-order valence-corrected chi connectivity index (χ1v) is 11.5. The molecule has 1 aliphatic carbocycles. The van der Waals surface area contributed by atoms with E-state index < -0.39 is 24.3 Å². The summed E-state index contributed by atoms with van der Waals surface area (Å²) in [6.45, 7) is 2.40. The van der Waals surface area contributed by atoms with Crippen molar-refractivity contribution in [3.05, 3.63) is 35.9 Å². The highest BCUT2D eigenvalue weighted by molar-refractivity contribution is 6.05. The van der Waals surface area contributed by atoms with Crippen molar-refractivity contribution in [3.8, 4) is 0 Å². The molecule has 10 heteroatoms. The second-order valence-corrected chi connectivity index (χ2v) is 9.29. The number of benzene rings is 1. The van der Waals surface area contributed by atoms with Crippen LogP contribution in [0, 0.1) is 0 Å². The average molecular weight is 458 g/mol. The van der Waals surface area contributed by atoms with E-state index in [-0.39, 0.29) is 56.0 Å². The largest absolute Gasteiger partial charge is 0.340 e. The molecule has 33 heavy (non-hydrogen) atoms. The first-order chi connectivity index (χ1) is 15.8. The van der Waals surface area contributed by atoms with Gasteiger partial charge in [0.1, 0.15) is 12.2 Å². The van der Waals surface area contributed by atoms with Gasteiger partial charge in [-0.1, -0.05) is 30.3 Å². The molecule has 9 nitrogen and oxygen atoms in total. The molecule has 0 unspecified atom stereocenters. The molecule has 1 aromatic carbocycles. The Morgan fingerprint density at radius 2 is 1.79 bits per heavy atom. The quantitative estimate of drug-likeness (QED) is 0.690. The number of nitrogens with one attached hydrogen (secondary N) is 1. The summed E-state index contributed by atoms with van der Waals surface area (Å²) in [6.07, 6.45) is -0.255. The van der Waals surface area contributed by atoms with Crippen LogP contribution in [0.15, 0.2) is 30.3 Å². The Morgan fingerprint density at radius 3 is 2.48 bits per heavy atom. The van der Waals surface area contributed by atoms with Crippen LogP contribution in [0.2, 0.25) is 0 Å². The number of halogens is 1. The topological polar surface area (TPSA) is 93.3 Å². The third-order valence-corrected chi connectivity index (χ3v) is 7.25. The maximum absolute atomic E-state index is 14.5. The third kappa shape index (κ3) is 3.91. The van der Waals surface area contributed by atoms with E-state index in [0.29, 0.717) is 13.0 Å². The van der Waals surface area contributed by atoms with Crippen LogP contribution in [0.3, 0.4) is 0 Å². The maximum Gasteiger partial charge on any atom is 0.327 e. The zero-order valence-corrected chi connectivity index (χ0v) is 18.5. The molecule has 176 valence electrons. The molecule has 3 saturated heterocycles. The van der Waals surface area contributed by atoms with Gasteiger partial charge < -0.3 is 20.0 Å². The number of nitrogens with zero attached hydrogens (tertiary/aromatic N) is 4. The molecule has 0 spiro atoms. The molecule has 0 radical (unpaired) electrons. The molecule has 1 N–H and O–H groups in total. The minimum atomic E-state index is -1.34. The van der Waals surface area contributed by atoms with Gasteiger partial charge in [0, 0.05) is 38.5 Å². The highest BCUT2D eigenvalue weighted by atomic mass is 19.1. The number of hydrogen-bond donors (Lipinski definition) is 1. The molecule has 1 saturated carbocycles. The Kier molecular flexibility index (Phi) is 5.46. The number of alkyl halides is 1. The van der Waals surface area contributed by atoms with E-state index in [9.17, 15) is 23.6 Å². The van der Waals surface area contributed by atoms with Gasteiger partial charge in [-0.2, -0.15) is 0 Å². The lowest BCUT2D eigenvalue weighted by Crippen LogP contribution is -2.60. The number of fused-ring (bicyclic) bond motifs is 1. The Balaban J connectivity index is 1.20. The molecule has 0 bridgehead atoms. The second-order valence-electron chi connectivity index (χ2n) is 9.29. The van der Waals surface area contributed by atoms with Crippen molar-refractivity contribution >= 4 is 23.9 Å². The Labute approximate surface area is 191 Å². The van der Waals surface area contributed by atoms with Crippen LogP contribution in [-0.4, -0.2) is 100 Å². The highest BCUT2D eigenvalue weighted by Gasteiger charge is 2.56. The van der Waals surface area contributed by atoms with E-state index in [1.807, 2.05) is 30.3 Å².